The highest BCUT2D eigenvalue weighted by Crippen LogP contribution is 2.35. The number of ether oxygens (including phenoxy) is 4. The van der Waals surface area contributed by atoms with Crippen molar-refractivity contribution in [1.29, 1.82) is 10.5 Å². The lowest BCUT2D eigenvalue weighted by atomic mass is 10.1. The van der Waals surface area contributed by atoms with E-state index in [-0.39, 0.29) is 34.5 Å². The third kappa shape index (κ3) is 6.92. The molecule has 1 aliphatic heterocycles. The molecule has 11 nitrogen and oxygen atoms in total. The monoisotopic (exact) mass is 646 g/mol. The molecule has 48 heavy (non-hydrogen) atoms. The number of nitrogen functional groups attached to an aromatic ring is 2. The fraction of sp³-hybridized carbons (Fsp3) is 0.0857. The maximum Gasteiger partial charge on any atom is 0.149 e. The van der Waals surface area contributed by atoms with Gasteiger partial charge in [0.25, 0.3) is 0 Å². The Balaban J connectivity index is 0.000000170. The summed E-state index contributed by atoms with van der Waals surface area (Å²) in [6.07, 6.45) is 3.15. The highest BCUT2D eigenvalue weighted by Gasteiger charge is 2.24. The van der Waals surface area contributed by atoms with Gasteiger partial charge in [0.15, 0.2) is 0 Å². The predicted molar refractivity (Wildman–Crippen MR) is 172 cm³/mol. The molecule has 0 spiro atoms. The third-order valence-electron chi connectivity index (χ3n) is 7.09. The summed E-state index contributed by atoms with van der Waals surface area (Å²) < 4.78 is 49.3. The molecule has 0 amide bonds. The molecule has 238 valence electrons. The fourth-order valence-electron chi connectivity index (χ4n) is 4.52. The number of benzene rings is 4. The van der Waals surface area contributed by atoms with Gasteiger partial charge in [0.2, 0.25) is 0 Å². The van der Waals surface area contributed by atoms with Gasteiger partial charge in [-0.25, -0.2) is 8.78 Å². The highest BCUT2D eigenvalue weighted by atomic mass is 19.1. The molecule has 5 N–H and O–H groups in total. The molecule has 1 atom stereocenters. The quantitative estimate of drug-likeness (QED) is 0.123. The average Bonchev–Trinajstić information content (AvgIpc) is 3.92. The maximum atomic E-state index is 13.6. The number of nitrogens with zero attached hydrogens (tertiary/aromatic N) is 4. The van der Waals surface area contributed by atoms with Crippen LogP contribution in [0.2, 0.25) is 0 Å². The summed E-state index contributed by atoms with van der Waals surface area (Å²) in [4.78, 5) is 8.41. The van der Waals surface area contributed by atoms with E-state index >= 15 is 0 Å². The largest absolute Gasteiger partial charge is 0.506 e. The summed E-state index contributed by atoms with van der Waals surface area (Å²) in [6, 6.07) is 21.8. The Morgan fingerprint density at radius 2 is 1.27 bits per heavy atom. The van der Waals surface area contributed by atoms with Crippen LogP contribution in [0.5, 0.6) is 34.5 Å². The fourth-order valence-corrected chi connectivity index (χ4v) is 4.52. The van der Waals surface area contributed by atoms with Crippen LogP contribution in [0.3, 0.4) is 0 Å². The summed E-state index contributed by atoms with van der Waals surface area (Å²) in [6.45, 7) is 1.06. The molecular formula is C35H24F2N6O5. The van der Waals surface area contributed by atoms with Gasteiger partial charge in [0.05, 0.1) is 40.1 Å². The van der Waals surface area contributed by atoms with Crippen LogP contribution in [0.4, 0.5) is 20.2 Å². The summed E-state index contributed by atoms with van der Waals surface area (Å²) in [5, 5.41) is 29.3. The minimum absolute atomic E-state index is 0.0311. The van der Waals surface area contributed by atoms with E-state index in [1.165, 1.54) is 48.7 Å². The summed E-state index contributed by atoms with van der Waals surface area (Å²) in [5.74, 6) is 0.567. The van der Waals surface area contributed by atoms with Gasteiger partial charge in [-0.05, 0) is 48.5 Å². The van der Waals surface area contributed by atoms with E-state index in [0.29, 0.717) is 63.6 Å². The molecule has 0 bridgehead atoms. The number of halogens is 2. The van der Waals surface area contributed by atoms with Crippen molar-refractivity contribution in [3.8, 4) is 46.6 Å². The second-order valence-corrected chi connectivity index (χ2v) is 10.4. The van der Waals surface area contributed by atoms with Gasteiger partial charge in [-0.3, -0.25) is 9.97 Å². The Bertz CT molecular complexity index is 2270. The Kier molecular flexibility index (Phi) is 8.70. The highest BCUT2D eigenvalue weighted by molar-refractivity contribution is 5.89. The smallest absolute Gasteiger partial charge is 0.149 e. The van der Waals surface area contributed by atoms with E-state index in [2.05, 4.69) is 16.0 Å². The van der Waals surface area contributed by atoms with Gasteiger partial charge in [-0.15, -0.1) is 0 Å². The van der Waals surface area contributed by atoms with Crippen LogP contribution < -0.4 is 25.7 Å². The van der Waals surface area contributed by atoms with Crippen molar-refractivity contribution < 1.29 is 32.8 Å². The molecule has 0 aliphatic carbocycles. The lowest BCUT2D eigenvalue weighted by molar-refractivity contribution is 0.262. The topological polar surface area (TPSA) is 186 Å². The first-order valence-corrected chi connectivity index (χ1v) is 14.3. The second kappa shape index (κ2) is 13.3. The lowest BCUT2D eigenvalue weighted by Crippen LogP contribution is -2.05. The molecule has 0 radical (unpaired) electrons. The zero-order valence-corrected chi connectivity index (χ0v) is 24.9. The minimum atomic E-state index is -0.578. The first-order valence-electron chi connectivity index (χ1n) is 14.3. The number of anilines is 2. The summed E-state index contributed by atoms with van der Waals surface area (Å²) >= 11 is 0. The molecule has 1 saturated heterocycles. The number of pyridine rings is 2. The van der Waals surface area contributed by atoms with Crippen molar-refractivity contribution in [2.75, 3.05) is 24.7 Å². The van der Waals surface area contributed by atoms with Crippen molar-refractivity contribution in [3.05, 3.63) is 108 Å². The number of nitriles is 2. The van der Waals surface area contributed by atoms with E-state index in [4.69, 9.17) is 35.7 Å². The van der Waals surface area contributed by atoms with Crippen LogP contribution in [0, 0.1) is 34.3 Å². The Hall–Kier alpha value is -6.70. The van der Waals surface area contributed by atoms with E-state index in [1.807, 2.05) is 6.07 Å². The number of phenols is 1. The van der Waals surface area contributed by atoms with Gasteiger partial charge >= 0.3 is 0 Å². The first-order chi connectivity index (χ1) is 23.2. The maximum absolute atomic E-state index is 13.6. The molecule has 0 saturated carbocycles. The van der Waals surface area contributed by atoms with Crippen LogP contribution in [0.15, 0.2) is 85.2 Å². The molecular weight excluding hydrogens is 622 g/mol. The van der Waals surface area contributed by atoms with Crippen LogP contribution in [-0.4, -0.2) is 34.4 Å². The lowest BCUT2D eigenvalue weighted by Gasteiger charge is -2.12. The molecule has 4 aromatic carbocycles. The van der Waals surface area contributed by atoms with Crippen LogP contribution in [0.25, 0.3) is 21.8 Å². The SMILES string of the molecule is N#Cc1cc2c(Oc3ccc(N)c(F)c3)ccnc2cc1O.N#Cc1cc2c(Oc3ccc(N)c(F)c3)ccnc2cc1OCC1CO1. The first kappa shape index (κ1) is 31.3. The molecule has 6 aromatic rings. The van der Waals surface area contributed by atoms with Gasteiger partial charge in [0.1, 0.15) is 71.0 Å². The number of hydrogen-bond acceptors (Lipinski definition) is 11. The second-order valence-electron chi connectivity index (χ2n) is 10.4. The molecule has 3 heterocycles. The van der Waals surface area contributed by atoms with Crippen LogP contribution in [-0.2, 0) is 4.74 Å². The normalized spacial score (nSPS) is 13.1. The molecule has 2 aromatic heterocycles. The van der Waals surface area contributed by atoms with Crippen molar-refractivity contribution in [1.82, 2.24) is 9.97 Å². The Morgan fingerprint density at radius 1 is 0.750 bits per heavy atom. The van der Waals surface area contributed by atoms with Gasteiger partial charge < -0.3 is 35.5 Å². The number of nitrogens with two attached hydrogens (primary N) is 2. The number of fused-ring (bicyclic) bond motifs is 2. The molecule has 1 fully saturated rings. The molecule has 1 aliphatic rings. The number of aromatic hydroxyl groups is 1. The number of phenolic OH excluding ortho intramolecular Hbond substituents is 1. The van der Waals surface area contributed by atoms with E-state index in [9.17, 15) is 19.1 Å². The summed E-state index contributed by atoms with van der Waals surface area (Å²) in [7, 11) is 0. The summed E-state index contributed by atoms with van der Waals surface area (Å²) in [5.41, 5.74) is 12.5. The van der Waals surface area contributed by atoms with Crippen molar-refractivity contribution in [3.63, 3.8) is 0 Å². The zero-order valence-electron chi connectivity index (χ0n) is 24.9. The standard InChI is InChI=1S/C19H14FN3O3.C16H10FN3O2/c20-15-6-12(1-2-16(15)22)26-18-3-4-23-17-7-19(25-10-13-9-24-13)11(8-21)5-14(17)18;17-12-6-10(1-2-13(12)19)22-16-3-4-20-14-7-15(21)9(8-18)5-11(14)16/h1-7,13H,9-10,22H2;1-7,21H,19H2. The number of epoxide rings is 1. The predicted octanol–water partition coefficient (Wildman–Crippen LogP) is 6.72. The Morgan fingerprint density at radius 3 is 1.77 bits per heavy atom. The third-order valence-corrected chi connectivity index (χ3v) is 7.09. The van der Waals surface area contributed by atoms with Gasteiger partial charge in [-0.2, -0.15) is 10.5 Å². The number of rotatable bonds is 7. The van der Waals surface area contributed by atoms with Crippen LogP contribution in [0.1, 0.15) is 11.1 Å². The van der Waals surface area contributed by atoms with Gasteiger partial charge in [0, 0.05) is 47.4 Å². The average molecular weight is 647 g/mol. The van der Waals surface area contributed by atoms with E-state index < -0.39 is 11.6 Å². The van der Waals surface area contributed by atoms with E-state index in [0.717, 1.165) is 0 Å². The van der Waals surface area contributed by atoms with E-state index in [1.54, 1.807) is 36.5 Å². The number of aromatic nitrogens is 2. The molecule has 1 unspecified atom stereocenters. The number of hydrogen-bond donors (Lipinski definition) is 3. The van der Waals surface area contributed by atoms with Crippen molar-refractivity contribution >= 4 is 33.2 Å². The zero-order chi connectivity index (χ0) is 33.8. The minimum Gasteiger partial charge on any atom is -0.506 e. The van der Waals surface area contributed by atoms with Crippen molar-refractivity contribution in [2.24, 2.45) is 0 Å². The molecule has 7 rings (SSSR count). The van der Waals surface area contributed by atoms with Crippen LogP contribution >= 0.6 is 0 Å². The van der Waals surface area contributed by atoms with Crippen molar-refractivity contribution in [2.45, 2.75) is 6.10 Å². The van der Waals surface area contributed by atoms with Gasteiger partial charge in [-0.1, -0.05) is 0 Å². The Labute approximate surface area is 271 Å². The molecule has 13 heteroatoms.